The van der Waals surface area contributed by atoms with Crippen LogP contribution >= 0.6 is 0 Å². The zero-order chi connectivity index (χ0) is 15.4. The highest BCUT2D eigenvalue weighted by atomic mass is 16.3. The first-order valence-electron chi connectivity index (χ1n) is 5.70. The second-order valence-corrected chi connectivity index (χ2v) is 4.01. The summed E-state index contributed by atoms with van der Waals surface area (Å²) in [5.41, 5.74) is -0.564. The first-order chi connectivity index (χ1) is 10.1. The third kappa shape index (κ3) is 2.84. The van der Waals surface area contributed by atoms with Crippen LogP contribution in [0.2, 0.25) is 0 Å². The van der Waals surface area contributed by atoms with Crippen LogP contribution in [0.1, 0.15) is 10.4 Å². The fourth-order valence-corrected chi connectivity index (χ4v) is 1.68. The van der Waals surface area contributed by atoms with Gasteiger partial charge in [0.2, 0.25) is 0 Å². The summed E-state index contributed by atoms with van der Waals surface area (Å²) < 4.78 is 0. The van der Waals surface area contributed by atoms with E-state index in [0.717, 1.165) is 6.07 Å². The number of phenols is 2. The summed E-state index contributed by atoms with van der Waals surface area (Å²) in [5, 5.41) is 26.4. The third-order valence-electron chi connectivity index (χ3n) is 2.68. The van der Waals surface area contributed by atoms with Crippen LogP contribution in [0.4, 0.5) is 17.1 Å². The maximum absolute atomic E-state index is 12.0. The molecule has 0 fully saturated rings. The van der Waals surface area contributed by atoms with Gasteiger partial charge in [0.1, 0.15) is 11.5 Å². The molecular formula is C13H9N3O5. The van der Waals surface area contributed by atoms with Crippen molar-refractivity contribution >= 4 is 23.0 Å². The van der Waals surface area contributed by atoms with E-state index in [2.05, 4.69) is 15.7 Å². The zero-order valence-electron chi connectivity index (χ0n) is 10.5. The largest absolute Gasteiger partial charge is 0.506 e. The van der Waals surface area contributed by atoms with Crippen LogP contribution in [-0.4, -0.2) is 16.1 Å². The Morgan fingerprint density at radius 2 is 1.76 bits per heavy atom. The number of carbonyl (C=O) groups is 1. The molecule has 2 rings (SSSR count). The van der Waals surface area contributed by atoms with E-state index in [1.54, 1.807) is 0 Å². The number of aromatic hydroxyl groups is 2. The molecule has 8 heteroatoms. The molecule has 1 amide bonds. The van der Waals surface area contributed by atoms with E-state index < -0.39 is 11.7 Å². The van der Waals surface area contributed by atoms with Crippen LogP contribution in [0.3, 0.4) is 0 Å². The van der Waals surface area contributed by atoms with Gasteiger partial charge in [0.15, 0.2) is 11.4 Å². The summed E-state index contributed by atoms with van der Waals surface area (Å²) in [6.45, 7) is 0. The fraction of sp³-hybridized carbons (Fsp3) is 0. The van der Waals surface area contributed by atoms with Gasteiger partial charge in [-0.15, -0.1) is 9.81 Å². The van der Waals surface area contributed by atoms with Gasteiger partial charge in [0.05, 0.1) is 5.56 Å². The van der Waals surface area contributed by atoms with Gasteiger partial charge in [-0.2, -0.15) is 0 Å². The van der Waals surface area contributed by atoms with E-state index in [1.165, 1.54) is 30.3 Å². The normalized spacial score (nSPS) is 9.90. The van der Waals surface area contributed by atoms with E-state index >= 15 is 0 Å². The summed E-state index contributed by atoms with van der Waals surface area (Å²) in [5.74, 6) is -1.45. The molecule has 0 aliphatic carbocycles. The predicted molar refractivity (Wildman–Crippen MR) is 75.1 cm³/mol. The smallest absolute Gasteiger partial charge is 0.258 e. The van der Waals surface area contributed by atoms with E-state index in [4.69, 9.17) is 0 Å². The minimum atomic E-state index is -0.706. The van der Waals surface area contributed by atoms with Gasteiger partial charge in [-0.1, -0.05) is 6.07 Å². The maximum Gasteiger partial charge on any atom is 0.258 e. The highest BCUT2D eigenvalue weighted by Gasteiger charge is 2.16. The van der Waals surface area contributed by atoms with Crippen molar-refractivity contribution in [1.29, 1.82) is 0 Å². The Morgan fingerprint density at radius 3 is 2.43 bits per heavy atom. The number of hydrogen-bond donors (Lipinski definition) is 3. The summed E-state index contributed by atoms with van der Waals surface area (Å²) in [6, 6.07) is 7.62. The van der Waals surface area contributed by atoms with Crippen LogP contribution in [0, 0.1) is 9.81 Å². The molecule has 21 heavy (non-hydrogen) atoms. The molecular weight excluding hydrogens is 278 g/mol. The number of hydrogen-bond acceptors (Lipinski definition) is 7. The molecule has 0 bridgehead atoms. The number of nitrogens with one attached hydrogen (secondary N) is 1. The van der Waals surface area contributed by atoms with E-state index in [0.29, 0.717) is 0 Å². The summed E-state index contributed by atoms with van der Waals surface area (Å²) in [4.78, 5) is 33.2. The molecule has 0 heterocycles. The Labute approximate surface area is 118 Å². The topological polar surface area (TPSA) is 128 Å². The summed E-state index contributed by atoms with van der Waals surface area (Å²) >= 11 is 0. The molecule has 0 unspecified atom stereocenters. The average molecular weight is 287 g/mol. The van der Waals surface area contributed by atoms with Gasteiger partial charge >= 0.3 is 0 Å². The van der Waals surface area contributed by atoms with Crippen molar-refractivity contribution in [2.24, 2.45) is 10.4 Å². The van der Waals surface area contributed by atoms with Gasteiger partial charge in [-0.25, -0.2) is 0 Å². The standard InChI is InChI=1S/C13H9N3O5/c17-10-5-4-7(6-9(10)15-20)14-13(19)8-2-1-3-11(18)12(8)16-21/h1-6,17-18H,(H,14,19). The van der Waals surface area contributed by atoms with Crippen molar-refractivity contribution in [3.05, 3.63) is 51.8 Å². The quantitative estimate of drug-likeness (QED) is 0.587. The number of phenolic OH excluding ortho intramolecular Hbond substituents is 2. The Morgan fingerprint density at radius 1 is 1.00 bits per heavy atom. The molecule has 0 saturated heterocycles. The Balaban J connectivity index is 2.32. The number of nitroso groups, excluding NO2 is 2. The van der Waals surface area contributed by atoms with Crippen LogP contribution in [0.25, 0.3) is 0 Å². The SMILES string of the molecule is O=Nc1cc(NC(=O)c2cccc(O)c2N=O)ccc1O. The van der Waals surface area contributed by atoms with Crippen molar-refractivity contribution in [3.8, 4) is 11.5 Å². The molecule has 3 N–H and O–H groups in total. The van der Waals surface area contributed by atoms with Gasteiger partial charge in [0.25, 0.3) is 5.91 Å². The van der Waals surface area contributed by atoms with Gasteiger partial charge in [0, 0.05) is 5.69 Å². The van der Waals surface area contributed by atoms with Gasteiger partial charge < -0.3 is 15.5 Å². The molecule has 2 aromatic carbocycles. The Kier molecular flexibility index (Phi) is 3.89. The number of nitrogens with zero attached hydrogens (tertiary/aromatic N) is 2. The minimum Gasteiger partial charge on any atom is -0.506 e. The van der Waals surface area contributed by atoms with Crippen LogP contribution < -0.4 is 5.32 Å². The molecule has 2 aromatic rings. The van der Waals surface area contributed by atoms with E-state index in [9.17, 15) is 24.8 Å². The molecule has 0 aromatic heterocycles. The summed E-state index contributed by atoms with van der Waals surface area (Å²) in [7, 11) is 0. The number of benzene rings is 2. The lowest BCUT2D eigenvalue weighted by atomic mass is 10.1. The molecule has 0 atom stereocenters. The van der Waals surface area contributed by atoms with Crippen molar-refractivity contribution < 1.29 is 15.0 Å². The van der Waals surface area contributed by atoms with Crippen LogP contribution in [-0.2, 0) is 0 Å². The maximum atomic E-state index is 12.0. The Bertz CT molecular complexity index is 730. The third-order valence-corrected chi connectivity index (χ3v) is 2.68. The molecule has 8 nitrogen and oxygen atoms in total. The molecule has 0 aliphatic rings. The highest BCUT2D eigenvalue weighted by Crippen LogP contribution is 2.32. The van der Waals surface area contributed by atoms with Crippen molar-refractivity contribution in [1.82, 2.24) is 0 Å². The number of rotatable bonds is 4. The Hall–Kier alpha value is -3.29. The first-order valence-corrected chi connectivity index (χ1v) is 5.70. The van der Waals surface area contributed by atoms with Gasteiger partial charge in [-0.05, 0) is 40.7 Å². The first kappa shape index (κ1) is 14.1. The van der Waals surface area contributed by atoms with E-state index in [1.807, 2.05) is 0 Å². The highest BCUT2D eigenvalue weighted by molar-refractivity contribution is 6.08. The zero-order valence-corrected chi connectivity index (χ0v) is 10.5. The second kappa shape index (κ2) is 5.78. The summed E-state index contributed by atoms with van der Waals surface area (Å²) in [6.07, 6.45) is 0. The minimum absolute atomic E-state index is 0.126. The van der Waals surface area contributed by atoms with Crippen LogP contribution in [0.5, 0.6) is 11.5 Å². The molecule has 0 aliphatic heterocycles. The predicted octanol–water partition coefficient (Wildman–Crippen LogP) is 3.15. The number of carbonyl (C=O) groups excluding carboxylic acids is 1. The monoisotopic (exact) mass is 287 g/mol. The molecule has 0 saturated carbocycles. The second-order valence-electron chi connectivity index (χ2n) is 4.01. The number of anilines is 1. The van der Waals surface area contributed by atoms with Crippen molar-refractivity contribution in [3.63, 3.8) is 0 Å². The van der Waals surface area contributed by atoms with E-state index in [-0.39, 0.29) is 28.4 Å². The lowest BCUT2D eigenvalue weighted by molar-refractivity contribution is 0.102. The average Bonchev–Trinajstić information content (AvgIpc) is 2.48. The molecule has 106 valence electrons. The lowest BCUT2D eigenvalue weighted by Gasteiger charge is -2.08. The van der Waals surface area contributed by atoms with Crippen molar-refractivity contribution in [2.45, 2.75) is 0 Å². The molecule has 0 radical (unpaired) electrons. The fourth-order valence-electron chi connectivity index (χ4n) is 1.68. The number of amides is 1. The molecule has 0 spiro atoms. The lowest BCUT2D eigenvalue weighted by Crippen LogP contribution is -2.11. The van der Waals surface area contributed by atoms with Crippen molar-refractivity contribution in [2.75, 3.05) is 5.32 Å². The van der Waals surface area contributed by atoms with Gasteiger partial charge in [-0.3, -0.25) is 4.79 Å². The van der Waals surface area contributed by atoms with Crippen LogP contribution in [0.15, 0.2) is 46.8 Å².